The van der Waals surface area contributed by atoms with Crippen molar-refractivity contribution in [2.45, 2.75) is 45.3 Å². The van der Waals surface area contributed by atoms with Crippen LogP contribution in [0.4, 0.5) is 0 Å². The number of carboxylic acids is 1. The first kappa shape index (κ1) is 21.3. The molecule has 1 N–H and O–H groups in total. The second-order valence-corrected chi connectivity index (χ2v) is 8.62. The predicted octanol–water partition coefficient (Wildman–Crippen LogP) is 5.43. The Balaban J connectivity index is 1.53. The lowest BCUT2D eigenvalue weighted by Gasteiger charge is -2.31. The molecule has 5 heteroatoms. The van der Waals surface area contributed by atoms with Crippen LogP contribution in [0.3, 0.4) is 0 Å². The van der Waals surface area contributed by atoms with E-state index in [2.05, 4.69) is 54.2 Å². The lowest BCUT2D eigenvalue weighted by molar-refractivity contribution is -0.153. The van der Waals surface area contributed by atoms with Gasteiger partial charge in [-0.05, 0) is 50.0 Å². The van der Waals surface area contributed by atoms with Crippen LogP contribution in [0.5, 0.6) is 0 Å². The minimum Gasteiger partial charge on any atom is -0.479 e. The average Bonchev–Trinajstić information content (AvgIpc) is 3.20. The smallest absolute Gasteiger partial charge is 0.333 e. The van der Waals surface area contributed by atoms with E-state index in [0.29, 0.717) is 5.92 Å². The molecule has 3 aromatic rings. The first-order valence-corrected chi connectivity index (χ1v) is 11.0. The minimum absolute atomic E-state index is 0.0966. The Morgan fingerprint density at radius 3 is 2.35 bits per heavy atom. The molecule has 1 heterocycles. The summed E-state index contributed by atoms with van der Waals surface area (Å²) in [5.74, 6) is -0.260. The van der Waals surface area contributed by atoms with Gasteiger partial charge in [0.05, 0.1) is 0 Å². The van der Waals surface area contributed by atoms with E-state index in [4.69, 9.17) is 9.84 Å². The molecule has 1 atom stereocenters. The van der Waals surface area contributed by atoms with Crippen LogP contribution in [-0.2, 0) is 16.1 Å². The Kier molecular flexibility index (Phi) is 6.52. The van der Waals surface area contributed by atoms with Crippen molar-refractivity contribution in [2.75, 3.05) is 7.11 Å². The number of carbonyl (C=O) groups is 1. The van der Waals surface area contributed by atoms with Gasteiger partial charge in [-0.15, -0.1) is 0 Å². The van der Waals surface area contributed by atoms with Crippen LogP contribution in [-0.4, -0.2) is 34.1 Å². The number of aliphatic carboxylic acids is 1. The highest BCUT2D eigenvalue weighted by Gasteiger charge is 2.32. The molecule has 0 bridgehead atoms. The molecular formula is C26H30N2O3. The lowest BCUT2D eigenvalue weighted by Crippen LogP contribution is -2.34. The van der Waals surface area contributed by atoms with E-state index in [1.807, 2.05) is 18.2 Å². The van der Waals surface area contributed by atoms with Gasteiger partial charge in [0, 0.05) is 31.0 Å². The van der Waals surface area contributed by atoms with E-state index in [1.165, 1.54) is 18.2 Å². The molecule has 0 spiro atoms. The Morgan fingerprint density at radius 1 is 1.06 bits per heavy atom. The summed E-state index contributed by atoms with van der Waals surface area (Å²) in [6.07, 6.45) is 5.23. The number of hydrogen-bond donors (Lipinski definition) is 1. The molecule has 0 aliphatic heterocycles. The van der Waals surface area contributed by atoms with Crippen molar-refractivity contribution in [1.29, 1.82) is 0 Å². The van der Waals surface area contributed by atoms with Crippen LogP contribution in [0.15, 0.2) is 60.8 Å². The predicted molar refractivity (Wildman–Crippen MR) is 122 cm³/mol. The topological polar surface area (TPSA) is 64.3 Å². The fraction of sp³-hybridized carbons (Fsp3) is 0.385. The quantitative estimate of drug-likeness (QED) is 0.555. The largest absolute Gasteiger partial charge is 0.479 e. The van der Waals surface area contributed by atoms with Crippen LogP contribution in [0.1, 0.15) is 31.2 Å². The van der Waals surface area contributed by atoms with Gasteiger partial charge in [0.15, 0.2) is 6.10 Å². The zero-order chi connectivity index (χ0) is 21.8. The lowest BCUT2D eigenvalue weighted by atomic mass is 9.79. The zero-order valence-corrected chi connectivity index (χ0v) is 18.2. The fourth-order valence-electron chi connectivity index (χ4n) is 4.70. The van der Waals surface area contributed by atoms with E-state index >= 15 is 0 Å². The molecule has 1 fully saturated rings. The summed E-state index contributed by atoms with van der Waals surface area (Å²) in [4.78, 5) is 11.4. The van der Waals surface area contributed by atoms with Crippen molar-refractivity contribution >= 4 is 5.97 Å². The molecular weight excluding hydrogens is 388 g/mol. The third kappa shape index (κ3) is 4.88. The number of nitrogens with zero attached hydrogens (tertiary/aromatic N) is 2. The molecule has 1 unspecified atom stereocenters. The van der Waals surface area contributed by atoms with Crippen LogP contribution in [0.2, 0.25) is 0 Å². The molecule has 5 nitrogen and oxygen atoms in total. The van der Waals surface area contributed by atoms with E-state index in [9.17, 15) is 9.90 Å². The van der Waals surface area contributed by atoms with Crippen molar-refractivity contribution in [3.05, 3.63) is 66.4 Å². The average molecular weight is 419 g/mol. The van der Waals surface area contributed by atoms with Gasteiger partial charge in [0.1, 0.15) is 5.69 Å². The number of carboxylic acid groups (broad SMARTS) is 1. The second-order valence-electron chi connectivity index (χ2n) is 8.62. The SMILES string of the molecule is COC(C(=O)O)[C@H]1CC[C@@H](Cn2cc(-c3ccc(C)cc3)c(-c3ccccc3)n2)CC1. The summed E-state index contributed by atoms with van der Waals surface area (Å²) in [5, 5.41) is 14.3. The molecule has 162 valence electrons. The van der Waals surface area contributed by atoms with Gasteiger partial charge in [-0.1, -0.05) is 60.2 Å². The van der Waals surface area contributed by atoms with E-state index in [1.54, 1.807) is 0 Å². The maximum absolute atomic E-state index is 11.4. The van der Waals surface area contributed by atoms with Gasteiger partial charge in [-0.3, -0.25) is 4.68 Å². The van der Waals surface area contributed by atoms with E-state index in [-0.39, 0.29) is 5.92 Å². The Labute approximate surface area is 183 Å². The van der Waals surface area contributed by atoms with Gasteiger partial charge in [0.25, 0.3) is 0 Å². The number of benzene rings is 2. The summed E-state index contributed by atoms with van der Waals surface area (Å²) in [7, 11) is 1.49. The monoisotopic (exact) mass is 418 g/mol. The van der Waals surface area contributed by atoms with Gasteiger partial charge in [-0.25, -0.2) is 4.79 Å². The van der Waals surface area contributed by atoms with Crippen molar-refractivity contribution in [1.82, 2.24) is 9.78 Å². The minimum atomic E-state index is -0.853. The number of aryl methyl sites for hydroxylation is 1. The van der Waals surface area contributed by atoms with Crippen molar-refractivity contribution < 1.29 is 14.6 Å². The van der Waals surface area contributed by atoms with Crippen LogP contribution < -0.4 is 0 Å². The second kappa shape index (κ2) is 9.48. The standard InChI is InChI=1S/C26H30N2O3/c1-18-8-12-20(13-9-18)23-17-28(27-24(23)21-6-4-3-5-7-21)16-19-10-14-22(15-11-19)25(31-2)26(29)30/h3-9,12-13,17,19,22,25H,10-11,14-16H2,1-2H3,(H,29,30)/t19-,22+,25?. The molecule has 0 amide bonds. The summed E-state index contributed by atoms with van der Waals surface area (Å²) in [6.45, 7) is 2.95. The molecule has 1 aromatic heterocycles. The van der Waals surface area contributed by atoms with Gasteiger partial charge >= 0.3 is 5.97 Å². The molecule has 1 saturated carbocycles. The molecule has 0 radical (unpaired) electrons. The van der Waals surface area contributed by atoms with Crippen molar-refractivity contribution in [3.63, 3.8) is 0 Å². The highest BCUT2D eigenvalue weighted by molar-refractivity contribution is 5.80. The maximum atomic E-state index is 11.4. The van der Waals surface area contributed by atoms with Crippen LogP contribution in [0.25, 0.3) is 22.4 Å². The summed E-state index contributed by atoms with van der Waals surface area (Å²) >= 11 is 0. The summed E-state index contributed by atoms with van der Waals surface area (Å²) in [6, 6.07) is 18.9. The fourth-order valence-corrected chi connectivity index (χ4v) is 4.70. The molecule has 1 aliphatic rings. The van der Waals surface area contributed by atoms with E-state index in [0.717, 1.165) is 49.0 Å². The van der Waals surface area contributed by atoms with E-state index < -0.39 is 12.1 Å². The number of methoxy groups -OCH3 is 1. The Hall–Kier alpha value is -2.92. The number of aromatic nitrogens is 2. The molecule has 1 aliphatic carbocycles. The third-order valence-corrected chi connectivity index (χ3v) is 6.43. The highest BCUT2D eigenvalue weighted by atomic mass is 16.5. The number of rotatable bonds is 7. The van der Waals surface area contributed by atoms with Crippen molar-refractivity contribution in [2.24, 2.45) is 11.8 Å². The van der Waals surface area contributed by atoms with Gasteiger partial charge < -0.3 is 9.84 Å². The van der Waals surface area contributed by atoms with Crippen LogP contribution >= 0.6 is 0 Å². The first-order chi connectivity index (χ1) is 15.0. The molecule has 4 rings (SSSR count). The normalized spacial score (nSPS) is 19.8. The Morgan fingerprint density at radius 2 is 1.74 bits per heavy atom. The Bertz CT molecular complexity index is 1000. The number of hydrogen-bond acceptors (Lipinski definition) is 3. The third-order valence-electron chi connectivity index (χ3n) is 6.43. The van der Waals surface area contributed by atoms with Gasteiger partial charge in [0.2, 0.25) is 0 Å². The van der Waals surface area contributed by atoms with Crippen LogP contribution in [0, 0.1) is 18.8 Å². The molecule has 31 heavy (non-hydrogen) atoms. The van der Waals surface area contributed by atoms with Gasteiger partial charge in [-0.2, -0.15) is 5.10 Å². The molecule has 0 saturated heterocycles. The summed E-state index contributed by atoms with van der Waals surface area (Å²) < 4.78 is 7.29. The molecule has 2 aromatic carbocycles. The maximum Gasteiger partial charge on any atom is 0.333 e. The number of ether oxygens (including phenoxy) is 1. The summed E-state index contributed by atoms with van der Waals surface area (Å²) in [5.41, 5.74) is 5.67. The highest BCUT2D eigenvalue weighted by Crippen LogP contribution is 2.35. The van der Waals surface area contributed by atoms with Crippen molar-refractivity contribution in [3.8, 4) is 22.4 Å². The first-order valence-electron chi connectivity index (χ1n) is 11.0. The zero-order valence-electron chi connectivity index (χ0n) is 18.2.